The Balaban J connectivity index is 1.77. The van der Waals surface area contributed by atoms with Crippen LogP contribution in [0.1, 0.15) is 5.56 Å². The van der Waals surface area contributed by atoms with Gasteiger partial charge in [-0.25, -0.2) is 4.31 Å². The van der Waals surface area contributed by atoms with Crippen LogP contribution in [0.2, 0.25) is 5.02 Å². The third-order valence-corrected chi connectivity index (χ3v) is 4.88. The van der Waals surface area contributed by atoms with Crippen molar-refractivity contribution < 1.29 is 9.47 Å². The van der Waals surface area contributed by atoms with Crippen molar-refractivity contribution in [1.29, 1.82) is 0 Å². The van der Waals surface area contributed by atoms with E-state index in [2.05, 4.69) is 4.31 Å². The van der Waals surface area contributed by atoms with Crippen molar-refractivity contribution in [3.8, 4) is 11.5 Å². The lowest BCUT2D eigenvalue weighted by Gasteiger charge is -2.25. The SMILES string of the molecule is Cc1ccc(Oc2cc(SN3CCOCC3)ccc2N)c(Cl)c1. The summed E-state index contributed by atoms with van der Waals surface area (Å²) in [5, 5.41) is 0.579. The predicted molar refractivity (Wildman–Crippen MR) is 95.4 cm³/mol. The zero-order valence-electron chi connectivity index (χ0n) is 12.9. The van der Waals surface area contributed by atoms with Crippen LogP contribution in [0, 0.1) is 6.92 Å². The van der Waals surface area contributed by atoms with E-state index in [0.717, 1.165) is 36.8 Å². The van der Waals surface area contributed by atoms with Gasteiger partial charge in [-0.3, -0.25) is 0 Å². The first-order valence-electron chi connectivity index (χ1n) is 7.46. The van der Waals surface area contributed by atoms with Crippen molar-refractivity contribution in [2.75, 3.05) is 32.0 Å². The lowest BCUT2D eigenvalue weighted by Crippen LogP contribution is -2.30. The summed E-state index contributed by atoms with van der Waals surface area (Å²) in [5.74, 6) is 1.23. The highest BCUT2D eigenvalue weighted by molar-refractivity contribution is 7.97. The van der Waals surface area contributed by atoms with E-state index in [4.69, 9.17) is 26.8 Å². The number of nitrogen functional groups attached to an aromatic ring is 1. The first-order valence-corrected chi connectivity index (χ1v) is 8.61. The zero-order valence-corrected chi connectivity index (χ0v) is 14.5. The van der Waals surface area contributed by atoms with E-state index in [0.29, 0.717) is 22.2 Å². The Morgan fingerprint density at radius 3 is 2.65 bits per heavy atom. The number of hydrogen-bond donors (Lipinski definition) is 1. The van der Waals surface area contributed by atoms with E-state index in [-0.39, 0.29) is 0 Å². The number of nitrogens with two attached hydrogens (primary N) is 1. The van der Waals surface area contributed by atoms with Gasteiger partial charge in [0.2, 0.25) is 0 Å². The highest BCUT2D eigenvalue weighted by Crippen LogP contribution is 2.36. The van der Waals surface area contributed by atoms with E-state index < -0.39 is 0 Å². The second-order valence-corrected chi connectivity index (χ2v) is 6.95. The Bertz CT molecular complexity index is 690. The molecule has 0 aliphatic carbocycles. The average Bonchev–Trinajstić information content (AvgIpc) is 2.54. The monoisotopic (exact) mass is 350 g/mol. The molecule has 1 aliphatic heterocycles. The highest BCUT2D eigenvalue weighted by Gasteiger charge is 2.13. The largest absolute Gasteiger partial charge is 0.454 e. The number of anilines is 1. The summed E-state index contributed by atoms with van der Waals surface area (Å²) in [6.45, 7) is 5.35. The summed E-state index contributed by atoms with van der Waals surface area (Å²) in [6.07, 6.45) is 0. The van der Waals surface area contributed by atoms with Crippen molar-refractivity contribution in [2.45, 2.75) is 11.8 Å². The highest BCUT2D eigenvalue weighted by atomic mass is 35.5. The van der Waals surface area contributed by atoms with Crippen molar-refractivity contribution >= 4 is 29.2 Å². The molecular formula is C17H19ClN2O2S. The molecule has 0 amide bonds. The van der Waals surface area contributed by atoms with Gasteiger partial charge < -0.3 is 15.2 Å². The molecule has 0 unspecified atom stereocenters. The van der Waals surface area contributed by atoms with Gasteiger partial charge in [-0.2, -0.15) is 0 Å². The van der Waals surface area contributed by atoms with E-state index in [9.17, 15) is 0 Å². The Hall–Kier alpha value is -1.40. The van der Waals surface area contributed by atoms with Crippen LogP contribution in [0.25, 0.3) is 0 Å². The molecule has 3 rings (SSSR count). The molecule has 1 fully saturated rings. The third-order valence-electron chi connectivity index (χ3n) is 3.50. The maximum absolute atomic E-state index is 6.23. The summed E-state index contributed by atoms with van der Waals surface area (Å²) < 4.78 is 13.6. The van der Waals surface area contributed by atoms with Crippen molar-refractivity contribution in [3.63, 3.8) is 0 Å². The molecule has 2 aromatic carbocycles. The molecule has 4 nitrogen and oxygen atoms in total. The van der Waals surface area contributed by atoms with Crippen LogP contribution in [0.3, 0.4) is 0 Å². The third kappa shape index (κ3) is 4.32. The number of hydrogen-bond acceptors (Lipinski definition) is 5. The zero-order chi connectivity index (χ0) is 16.2. The summed E-state index contributed by atoms with van der Waals surface area (Å²) in [7, 11) is 0. The number of aryl methyl sites for hydroxylation is 1. The molecule has 0 bridgehead atoms. The minimum absolute atomic E-state index is 0.579. The standard InChI is InChI=1S/C17H19ClN2O2S/c1-12-2-5-16(14(18)10-12)22-17-11-13(3-4-15(17)19)23-20-6-8-21-9-7-20/h2-5,10-11H,6-9,19H2,1H3. The normalized spacial score (nSPS) is 15.6. The fourth-order valence-corrected chi connectivity index (χ4v) is 3.45. The Morgan fingerprint density at radius 2 is 1.91 bits per heavy atom. The molecule has 1 saturated heterocycles. The average molecular weight is 351 g/mol. The van der Waals surface area contributed by atoms with E-state index in [1.807, 2.05) is 43.3 Å². The maximum atomic E-state index is 6.23. The summed E-state index contributed by atoms with van der Waals surface area (Å²) in [5.41, 5.74) is 7.72. The second kappa shape index (κ2) is 7.45. The minimum Gasteiger partial charge on any atom is -0.454 e. The molecule has 1 aliphatic rings. The van der Waals surface area contributed by atoms with Gasteiger partial charge in [-0.1, -0.05) is 17.7 Å². The van der Waals surface area contributed by atoms with Crippen LogP contribution in [0.4, 0.5) is 5.69 Å². The lowest BCUT2D eigenvalue weighted by molar-refractivity contribution is 0.0773. The molecule has 0 aromatic heterocycles. The first-order chi connectivity index (χ1) is 11.1. The van der Waals surface area contributed by atoms with E-state index in [1.54, 1.807) is 11.9 Å². The Morgan fingerprint density at radius 1 is 1.13 bits per heavy atom. The van der Waals surface area contributed by atoms with Gasteiger partial charge in [0.05, 0.1) is 23.9 Å². The number of rotatable bonds is 4. The van der Waals surface area contributed by atoms with Crippen molar-refractivity contribution in [2.24, 2.45) is 0 Å². The fourth-order valence-electron chi connectivity index (χ4n) is 2.25. The number of morpholine rings is 1. The molecule has 2 N–H and O–H groups in total. The lowest BCUT2D eigenvalue weighted by atomic mass is 10.2. The first kappa shape index (κ1) is 16.5. The summed E-state index contributed by atoms with van der Waals surface area (Å²) >= 11 is 7.92. The van der Waals surface area contributed by atoms with Crippen LogP contribution < -0.4 is 10.5 Å². The van der Waals surface area contributed by atoms with Crippen LogP contribution >= 0.6 is 23.5 Å². The van der Waals surface area contributed by atoms with Crippen LogP contribution in [-0.2, 0) is 4.74 Å². The topological polar surface area (TPSA) is 47.7 Å². The van der Waals surface area contributed by atoms with Gasteiger partial charge in [0.15, 0.2) is 5.75 Å². The van der Waals surface area contributed by atoms with Crippen LogP contribution in [0.15, 0.2) is 41.3 Å². The maximum Gasteiger partial charge on any atom is 0.151 e. The second-order valence-electron chi connectivity index (χ2n) is 5.37. The predicted octanol–water partition coefficient (Wildman–Crippen LogP) is 4.36. The van der Waals surface area contributed by atoms with Crippen LogP contribution in [0.5, 0.6) is 11.5 Å². The van der Waals surface area contributed by atoms with Crippen molar-refractivity contribution in [3.05, 3.63) is 47.0 Å². The molecule has 1 heterocycles. The van der Waals surface area contributed by atoms with Gasteiger partial charge in [-0.15, -0.1) is 0 Å². The summed E-state index contributed by atoms with van der Waals surface area (Å²) in [6, 6.07) is 11.5. The van der Waals surface area contributed by atoms with Gasteiger partial charge in [0.25, 0.3) is 0 Å². The molecule has 0 atom stereocenters. The Labute approximate surface area is 145 Å². The van der Waals surface area contributed by atoms with Gasteiger partial charge in [0.1, 0.15) is 5.75 Å². The fraction of sp³-hybridized carbons (Fsp3) is 0.294. The number of ether oxygens (including phenoxy) is 2. The quantitative estimate of drug-likeness (QED) is 0.655. The minimum atomic E-state index is 0.579. The molecule has 6 heteroatoms. The van der Waals surface area contributed by atoms with E-state index >= 15 is 0 Å². The molecule has 0 spiro atoms. The Kier molecular flexibility index (Phi) is 5.33. The molecule has 0 saturated carbocycles. The summed E-state index contributed by atoms with van der Waals surface area (Å²) in [4.78, 5) is 1.08. The molecular weight excluding hydrogens is 332 g/mol. The number of benzene rings is 2. The smallest absolute Gasteiger partial charge is 0.151 e. The van der Waals surface area contributed by atoms with Gasteiger partial charge >= 0.3 is 0 Å². The van der Waals surface area contributed by atoms with Crippen molar-refractivity contribution in [1.82, 2.24) is 4.31 Å². The van der Waals surface area contributed by atoms with Gasteiger partial charge in [-0.05, 0) is 54.8 Å². The van der Waals surface area contributed by atoms with Gasteiger partial charge in [0, 0.05) is 18.0 Å². The van der Waals surface area contributed by atoms with Crippen LogP contribution in [-0.4, -0.2) is 30.6 Å². The molecule has 23 heavy (non-hydrogen) atoms. The molecule has 2 aromatic rings. The number of halogens is 1. The van der Waals surface area contributed by atoms with E-state index in [1.165, 1.54) is 0 Å². The molecule has 0 radical (unpaired) electrons. The molecule has 122 valence electrons. The number of nitrogens with zero attached hydrogens (tertiary/aromatic N) is 1.